The number of nitrogens with one attached hydrogen (secondary N) is 2. The number of nitrogens with zero attached hydrogens (tertiary/aromatic N) is 1. The van der Waals surface area contributed by atoms with Crippen molar-refractivity contribution in [3.05, 3.63) is 24.2 Å². The van der Waals surface area contributed by atoms with E-state index < -0.39 is 0 Å². The first-order chi connectivity index (χ1) is 8.25. The summed E-state index contributed by atoms with van der Waals surface area (Å²) in [4.78, 5) is 14.0. The van der Waals surface area contributed by atoms with Crippen LogP contribution in [0.5, 0.6) is 0 Å². The summed E-state index contributed by atoms with van der Waals surface area (Å²) in [5.41, 5.74) is 0. The third-order valence-electron chi connectivity index (χ3n) is 2.92. The lowest BCUT2D eigenvalue weighted by atomic mass is 10.2. The summed E-state index contributed by atoms with van der Waals surface area (Å²) in [6.07, 6.45) is 1.62. The Balaban J connectivity index is 1.76. The molecule has 1 aliphatic heterocycles. The van der Waals surface area contributed by atoms with Crippen molar-refractivity contribution in [1.29, 1.82) is 0 Å². The predicted molar refractivity (Wildman–Crippen MR) is 64.6 cm³/mol. The summed E-state index contributed by atoms with van der Waals surface area (Å²) in [7, 11) is 0. The molecule has 0 aliphatic carbocycles. The van der Waals surface area contributed by atoms with Gasteiger partial charge in [0.05, 0.1) is 18.8 Å². The summed E-state index contributed by atoms with van der Waals surface area (Å²) in [6.45, 7) is 6.17. The lowest BCUT2D eigenvalue weighted by Crippen LogP contribution is -2.47. The normalized spacial score (nSPS) is 18.9. The molecule has 1 aromatic rings. The van der Waals surface area contributed by atoms with E-state index in [1.807, 2.05) is 19.1 Å². The predicted octanol–water partition coefficient (Wildman–Crippen LogP) is 0.362. The van der Waals surface area contributed by atoms with E-state index >= 15 is 0 Å². The highest BCUT2D eigenvalue weighted by Gasteiger charge is 2.16. The molecule has 0 spiro atoms. The van der Waals surface area contributed by atoms with E-state index in [1.54, 1.807) is 6.26 Å². The van der Waals surface area contributed by atoms with Gasteiger partial charge in [0.2, 0.25) is 5.91 Å². The zero-order valence-electron chi connectivity index (χ0n) is 10.1. The van der Waals surface area contributed by atoms with Crippen LogP contribution in [0.1, 0.15) is 18.7 Å². The Morgan fingerprint density at radius 3 is 3.00 bits per heavy atom. The van der Waals surface area contributed by atoms with Gasteiger partial charge in [0.15, 0.2) is 0 Å². The molecule has 5 nitrogen and oxygen atoms in total. The van der Waals surface area contributed by atoms with Gasteiger partial charge in [-0.25, -0.2) is 0 Å². The van der Waals surface area contributed by atoms with Crippen LogP contribution in [0.25, 0.3) is 0 Å². The average molecular weight is 237 g/mol. The molecule has 1 fully saturated rings. The largest absolute Gasteiger partial charge is 0.467 e. The van der Waals surface area contributed by atoms with E-state index in [2.05, 4.69) is 15.5 Å². The molecule has 0 bridgehead atoms. The van der Waals surface area contributed by atoms with Gasteiger partial charge in [0, 0.05) is 26.2 Å². The SMILES string of the molecule is C[C@@H](NC(=O)CN1CCNCC1)c1ccco1. The molecule has 0 aromatic carbocycles. The fraction of sp³-hybridized carbons (Fsp3) is 0.583. The fourth-order valence-electron chi connectivity index (χ4n) is 1.97. The lowest BCUT2D eigenvalue weighted by molar-refractivity contribution is -0.123. The highest BCUT2D eigenvalue weighted by atomic mass is 16.3. The maximum Gasteiger partial charge on any atom is 0.234 e. The van der Waals surface area contributed by atoms with Crippen LogP contribution < -0.4 is 10.6 Å². The summed E-state index contributed by atoms with van der Waals surface area (Å²) >= 11 is 0. The first-order valence-corrected chi connectivity index (χ1v) is 6.01. The monoisotopic (exact) mass is 237 g/mol. The van der Waals surface area contributed by atoms with Crippen LogP contribution in [0.3, 0.4) is 0 Å². The van der Waals surface area contributed by atoms with Crippen molar-refractivity contribution in [2.45, 2.75) is 13.0 Å². The van der Waals surface area contributed by atoms with Crippen molar-refractivity contribution >= 4 is 5.91 Å². The van der Waals surface area contributed by atoms with E-state index in [4.69, 9.17) is 4.42 Å². The molecule has 1 aromatic heterocycles. The molecule has 17 heavy (non-hydrogen) atoms. The van der Waals surface area contributed by atoms with Crippen molar-refractivity contribution in [3.63, 3.8) is 0 Å². The molecule has 5 heteroatoms. The van der Waals surface area contributed by atoms with Crippen LogP contribution in [0.2, 0.25) is 0 Å². The topological polar surface area (TPSA) is 57.5 Å². The number of amides is 1. The van der Waals surface area contributed by atoms with E-state index in [1.165, 1.54) is 0 Å². The van der Waals surface area contributed by atoms with Crippen LogP contribution in [0.4, 0.5) is 0 Å². The van der Waals surface area contributed by atoms with Gasteiger partial charge in [-0.3, -0.25) is 9.69 Å². The van der Waals surface area contributed by atoms with E-state index in [9.17, 15) is 4.79 Å². The van der Waals surface area contributed by atoms with Gasteiger partial charge in [-0.2, -0.15) is 0 Å². The number of piperazine rings is 1. The molecule has 2 heterocycles. The first kappa shape index (κ1) is 12.1. The minimum absolute atomic E-state index is 0.0517. The van der Waals surface area contributed by atoms with Crippen molar-refractivity contribution in [3.8, 4) is 0 Å². The molecule has 0 saturated carbocycles. The van der Waals surface area contributed by atoms with Gasteiger partial charge in [-0.1, -0.05) is 0 Å². The Morgan fingerprint density at radius 2 is 2.35 bits per heavy atom. The van der Waals surface area contributed by atoms with E-state index in [0.717, 1.165) is 31.9 Å². The van der Waals surface area contributed by atoms with Crippen LogP contribution in [-0.2, 0) is 4.79 Å². The van der Waals surface area contributed by atoms with Crippen LogP contribution in [0.15, 0.2) is 22.8 Å². The van der Waals surface area contributed by atoms with E-state index in [0.29, 0.717) is 6.54 Å². The van der Waals surface area contributed by atoms with Gasteiger partial charge >= 0.3 is 0 Å². The molecule has 1 amide bonds. The number of hydrogen-bond donors (Lipinski definition) is 2. The number of hydrogen-bond acceptors (Lipinski definition) is 4. The number of carbonyl (C=O) groups is 1. The zero-order valence-corrected chi connectivity index (χ0v) is 10.1. The number of furan rings is 1. The van der Waals surface area contributed by atoms with Gasteiger partial charge < -0.3 is 15.1 Å². The Kier molecular flexibility index (Phi) is 4.17. The third-order valence-corrected chi connectivity index (χ3v) is 2.92. The smallest absolute Gasteiger partial charge is 0.234 e. The van der Waals surface area contributed by atoms with E-state index in [-0.39, 0.29) is 11.9 Å². The minimum Gasteiger partial charge on any atom is -0.467 e. The van der Waals surface area contributed by atoms with Gasteiger partial charge in [0.1, 0.15) is 5.76 Å². The molecule has 94 valence electrons. The Bertz CT molecular complexity index is 345. The Hall–Kier alpha value is -1.33. The van der Waals surface area contributed by atoms with Crippen molar-refractivity contribution < 1.29 is 9.21 Å². The third kappa shape index (κ3) is 3.57. The quantitative estimate of drug-likeness (QED) is 0.794. The molecule has 1 saturated heterocycles. The van der Waals surface area contributed by atoms with Gasteiger partial charge in [-0.05, 0) is 19.1 Å². The first-order valence-electron chi connectivity index (χ1n) is 6.01. The summed E-state index contributed by atoms with van der Waals surface area (Å²) < 4.78 is 5.25. The molecule has 2 N–H and O–H groups in total. The molecular weight excluding hydrogens is 218 g/mol. The van der Waals surface area contributed by atoms with Crippen LogP contribution >= 0.6 is 0 Å². The van der Waals surface area contributed by atoms with Crippen LogP contribution in [0, 0.1) is 0 Å². The second-order valence-electron chi connectivity index (χ2n) is 4.33. The van der Waals surface area contributed by atoms with Crippen molar-refractivity contribution in [2.24, 2.45) is 0 Å². The van der Waals surface area contributed by atoms with Crippen molar-refractivity contribution in [1.82, 2.24) is 15.5 Å². The molecule has 0 unspecified atom stereocenters. The number of rotatable bonds is 4. The van der Waals surface area contributed by atoms with Crippen LogP contribution in [-0.4, -0.2) is 43.5 Å². The number of carbonyl (C=O) groups excluding carboxylic acids is 1. The lowest BCUT2D eigenvalue weighted by Gasteiger charge is -2.26. The maximum absolute atomic E-state index is 11.8. The summed E-state index contributed by atoms with van der Waals surface area (Å²) in [5.74, 6) is 0.842. The maximum atomic E-state index is 11.8. The summed E-state index contributed by atoms with van der Waals surface area (Å²) in [6, 6.07) is 3.63. The van der Waals surface area contributed by atoms with Crippen molar-refractivity contribution in [2.75, 3.05) is 32.7 Å². The van der Waals surface area contributed by atoms with Gasteiger partial charge in [-0.15, -0.1) is 0 Å². The zero-order chi connectivity index (χ0) is 12.1. The average Bonchev–Trinajstić information content (AvgIpc) is 2.83. The molecule has 0 radical (unpaired) electrons. The standard InChI is InChI=1S/C12H19N3O2/c1-10(11-3-2-8-17-11)14-12(16)9-15-6-4-13-5-7-15/h2-3,8,10,13H,4-7,9H2,1H3,(H,14,16)/t10-/m1/s1. The fourth-order valence-corrected chi connectivity index (χ4v) is 1.97. The second kappa shape index (κ2) is 5.84. The second-order valence-corrected chi connectivity index (χ2v) is 4.33. The minimum atomic E-state index is -0.0691. The molecule has 1 aliphatic rings. The van der Waals surface area contributed by atoms with Gasteiger partial charge in [0.25, 0.3) is 0 Å². The molecule has 1 atom stereocenters. The molecule has 2 rings (SSSR count). The molecular formula is C12H19N3O2. The highest BCUT2D eigenvalue weighted by Crippen LogP contribution is 2.11. The Morgan fingerprint density at radius 1 is 1.59 bits per heavy atom. The highest BCUT2D eigenvalue weighted by molar-refractivity contribution is 5.78. The Labute approximate surface area is 101 Å². The summed E-state index contributed by atoms with van der Waals surface area (Å²) in [5, 5.41) is 6.20.